The molecule has 0 aliphatic heterocycles. The Labute approximate surface area is 148 Å². The van der Waals surface area contributed by atoms with Crippen molar-refractivity contribution < 1.29 is 9.59 Å². The van der Waals surface area contributed by atoms with Crippen molar-refractivity contribution in [2.24, 2.45) is 0 Å². The van der Waals surface area contributed by atoms with Gasteiger partial charge in [-0.05, 0) is 30.3 Å². The summed E-state index contributed by atoms with van der Waals surface area (Å²) >= 11 is 0. The number of hydrogen-bond acceptors (Lipinski definition) is 5. The summed E-state index contributed by atoms with van der Waals surface area (Å²) in [6, 6.07) is 7.54. The number of aromatic nitrogens is 3. The molecule has 0 aliphatic rings. The molecule has 0 spiro atoms. The van der Waals surface area contributed by atoms with Crippen LogP contribution in [0, 0.1) is 0 Å². The van der Waals surface area contributed by atoms with E-state index in [-0.39, 0.29) is 0 Å². The highest BCUT2D eigenvalue weighted by molar-refractivity contribution is 6.01. The molecule has 3 aromatic rings. The first kappa shape index (κ1) is 16.8. The van der Waals surface area contributed by atoms with Gasteiger partial charge in [-0.1, -0.05) is 0 Å². The van der Waals surface area contributed by atoms with Crippen molar-refractivity contribution in [2.75, 3.05) is 21.3 Å². The summed E-state index contributed by atoms with van der Waals surface area (Å²) in [6.45, 7) is 0. The molecule has 0 unspecified atom stereocenters. The van der Waals surface area contributed by atoms with Gasteiger partial charge in [0.1, 0.15) is 0 Å². The summed E-state index contributed by atoms with van der Waals surface area (Å²) in [4.78, 5) is 35.8. The van der Waals surface area contributed by atoms with E-state index in [0.29, 0.717) is 22.7 Å². The van der Waals surface area contributed by atoms with Gasteiger partial charge in [-0.3, -0.25) is 15.0 Å². The quantitative estimate of drug-likeness (QED) is 0.576. The standard InChI is InChI=1S/C17H15N7O2/c25-16(21-12-3-1-5-18-8-12)23-14-7-15(11-20-10-14)24-17(26)22-13-4-2-6-19-9-13/h1-11H,(H2,21,23,25)(H2,22,24,26). The van der Waals surface area contributed by atoms with Crippen LogP contribution in [0.1, 0.15) is 0 Å². The Morgan fingerprint density at radius 3 is 1.46 bits per heavy atom. The van der Waals surface area contributed by atoms with Gasteiger partial charge in [-0.2, -0.15) is 0 Å². The van der Waals surface area contributed by atoms with Crippen LogP contribution >= 0.6 is 0 Å². The molecule has 0 saturated heterocycles. The van der Waals surface area contributed by atoms with E-state index in [1.54, 1.807) is 42.7 Å². The van der Waals surface area contributed by atoms with Crippen molar-refractivity contribution in [1.29, 1.82) is 0 Å². The average Bonchev–Trinajstić information content (AvgIpc) is 2.63. The number of carbonyl (C=O) groups is 2. The fraction of sp³-hybridized carbons (Fsp3) is 0. The molecule has 0 fully saturated rings. The van der Waals surface area contributed by atoms with Crippen molar-refractivity contribution in [1.82, 2.24) is 15.0 Å². The van der Waals surface area contributed by atoms with Crippen LogP contribution < -0.4 is 21.3 Å². The van der Waals surface area contributed by atoms with Gasteiger partial charge in [-0.25, -0.2) is 9.59 Å². The zero-order chi connectivity index (χ0) is 18.2. The maximum absolute atomic E-state index is 12.0. The average molecular weight is 349 g/mol. The molecular formula is C17H15N7O2. The molecule has 26 heavy (non-hydrogen) atoms. The van der Waals surface area contributed by atoms with E-state index >= 15 is 0 Å². The van der Waals surface area contributed by atoms with Gasteiger partial charge in [0.15, 0.2) is 0 Å². The van der Waals surface area contributed by atoms with E-state index in [1.165, 1.54) is 24.8 Å². The van der Waals surface area contributed by atoms with Gasteiger partial charge in [0, 0.05) is 12.4 Å². The van der Waals surface area contributed by atoms with Crippen LogP contribution in [0.2, 0.25) is 0 Å². The molecule has 4 amide bonds. The van der Waals surface area contributed by atoms with E-state index < -0.39 is 12.1 Å². The Kier molecular flexibility index (Phi) is 5.31. The van der Waals surface area contributed by atoms with Gasteiger partial charge in [0.05, 0.1) is 47.5 Å². The largest absolute Gasteiger partial charge is 0.323 e. The lowest BCUT2D eigenvalue weighted by atomic mass is 10.3. The summed E-state index contributed by atoms with van der Waals surface area (Å²) in [5.74, 6) is 0. The monoisotopic (exact) mass is 349 g/mol. The number of urea groups is 2. The second-order valence-electron chi connectivity index (χ2n) is 5.10. The van der Waals surface area contributed by atoms with E-state index in [4.69, 9.17) is 0 Å². The second-order valence-corrected chi connectivity index (χ2v) is 5.10. The summed E-state index contributed by atoms with van der Waals surface area (Å²) in [5, 5.41) is 10.5. The minimum Gasteiger partial charge on any atom is -0.306 e. The van der Waals surface area contributed by atoms with E-state index in [9.17, 15) is 9.59 Å². The Morgan fingerprint density at radius 1 is 0.615 bits per heavy atom. The van der Waals surface area contributed by atoms with Crippen molar-refractivity contribution in [3.05, 3.63) is 67.5 Å². The fourth-order valence-corrected chi connectivity index (χ4v) is 2.04. The molecule has 0 bridgehead atoms. The molecule has 3 aromatic heterocycles. The lowest BCUT2D eigenvalue weighted by Gasteiger charge is -2.10. The number of nitrogens with one attached hydrogen (secondary N) is 4. The summed E-state index contributed by atoms with van der Waals surface area (Å²) in [7, 11) is 0. The molecule has 9 nitrogen and oxygen atoms in total. The number of nitrogens with zero attached hydrogens (tertiary/aromatic N) is 3. The van der Waals surface area contributed by atoms with Crippen molar-refractivity contribution in [2.45, 2.75) is 0 Å². The van der Waals surface area contributed by atoms with E-state index in [0.717, 1.165) is 0 Å². The minimum absolute atomic E-state index is 0.422. The lowest BCUT2D eigenvalue weighted by molar-refractivity contribution is 0.261. The molecule has 3 rings (SSSR count). The molecule has 4 N–H and O–H groups in total. The third kappa shape index (κ3) is 4.99. The molecule has 130 valence electrons. The van der Waals surface area contributed by atoms with Crippen LogP contribution in [0.5, 0.6) is 0 Å². The molecule has 0 atom stereocenters. The number of pyridine rings is 3. The zero-order valence-electron chi connectivity index (χ0n) is 13.5. The first-order chi connectivity index (χ1) is 12.7. The fourth-order valence-electron chi connectivity index (χ4n) is 2.04. The predicted molar refractivity (Wildman–Crippen MR) is 98.0 cm³/mol. The topological polar surface area (TPSA) is 121 Å². The summed E-state index contributed by atoms with van der Waals surface area (Å²) in [6.07, 6.45) is 9.20. The number of carbonyl (C=O) groups excluding carboxylic acids is 2. The zero-order valence-corrected chi connectivity index (χ0v) is 13.5. The number of rotatable bonds is 4. The minimum atomic E-state index is -0.447. The Morgan fingerprint density at radius 2 is 1.04 bits per heavy atom. The molecular weight excluding hydrogens is 334 g/mol. The van der Waals surface area contributed by atoms with Crippen molar-refractivity contribution in [3.8, 4) is 0 Å². The van der Waals surface area contributed by atoms with Crippen LogP contribution in [0.3, 0.4) is 0 Å². The molecule has 0 saturated carbocycles. The lowest BCUT2D eigenvalue weighted by Crippen LogP contribution is -2.21. The second kappa shape index (κ2) is 8.20. The predicted octanol–water partition coefficient (Wildman–Crippen LogP) is 3.16. The maximum atomic E-state index is 12.0. The van der Waals surface area contributed by atoms with E-state index in [2.05, 4.69) is 36.2 Å². The van der Waals surface area contributed by atoms with Crippen LogP contribution in [-0.4, -0.2) is 27.0 Å². The Balaban J connectivity index is 1.57. The Hall–Kier alpha value is -4.01. The van der Waals surface area contributed by atoms with Crippen molar-refractivity contribution >= 4 is 34.8 Å². The van der Waals surface area contributed by atoms with Gasteiger partial charge < -0.3 is 21.3 Å². The number of anilines is 4. The van der Waals surface area contributed by atoms with Crippen LogP contribution in [-0.2, 0) is 0 Å². The van der Waals surface area contributed by atoms with Gasteiger partial charge in [0.25, 0.3) is 0 Å². The van der Waals surface area contributed by atoms with E-state index in [1.807, 2.05) is 0 Å². The normalized spacial score (nSPS) is 9.85. The molecule has 0 aliphatic carbocycles. The maximum Gasteiger partial charge on any atom is 0.323 e. The molecule has 3 heterocycles. The highest BCUT2D eigenvalue weighted by Gasteiger charge is 2.06. The first-order valence-corrected chi connectivity index (χ1v) is 7.60. The van der Waals surface area contributed by atoms with Crippen LogP contribution in [0.15, 0.2) is 67.5 Å². The smallest absolute Gasteiger partial charge is 0.306 e. The SMILES string of the molecule is O=C(Nc1cccnc1)Nc1cncc(NC(=O)Nc2cccnc2)c1. The van der Waals surface area contributed by atoms with Crippen molar-refractivity contribution in [3.63, 3.8) is 0 Å². The molecule has 0 aromatic carbocycles. The van der Waals surface area contributed by atoms with Gasteiger partial charge in [-0.15, -0.1) is 0 Å². The Bertz CT molecular complexity index is 817. The number of amides is 4. The van der Waals surface area contributed by atoms with Gasteiger partial charge in [0.2, 0.25) is 0 Å². The highest BCUT2D eigenvalue weighted by atomic mass is 16.2. The third-order valence-corrected chi connectivity index (χ3v) is 3.09. The summed E-state index contributed by atoms with van der Waals surface area (Å²) in [5.41, 5.74) is 1.96. The third-order valence-electron chi connectivity index (χ3n) is 3.09. The summed E-state index contributed by atoms with van der Waals surface area (Å²) < 4.78 is 0. The molecule has 9 heteroatoms. The highest BCUT2D eigenvalue weighted by Crippen LogP contribution is 2.14. The van der Waals surface area contributed by atoms with Crippen LogP contribution in [0.25, 0.3) is 0 Å². The van der Waals surface area contributed by atoms with Crippen LogP contribution in [0.4, 0.5) is 32.3 Å². The number of hydrogen-bond donors (Lipinski definition) is 4. The van der Waals surface area contributed by atoms with Gasteiger partial charge >= 0.3 is 12.1 Å². The first-order valence-electron chi connectivity index (χ1n) is 7.60. The molecule has 0 radical (unpaired) electrons.